The van der Waals surface area contributed by atoms with E-state index in [2.05, 4.69) is 19.2 Å². The zero-order valence-corrected chi connectivity index (χ0v) is 14.6. The molecule has 2 aromatic rings. The van der Waals surface area contributed by atoms with Crippen LogP contribution in [-0.4, -0.2) is 18.6 Å². The fourth-order valence-corrected chi connectivity index (χ4v) is 2.35. The van der Waals surface area contributed by atoms with E-state index in [-0.39, 0.29) is 11.9 Å². The summed E-state index contributed by atoms with van der Waals surface area (Å²) in [6.45, 7) is 10.5. The summed E-state index contributed by atoms with van der Waals surface area (Å²) in [4.78, 5) is 12.4. The first-order chi connectivity index (χ1) is 10.9. The maximum atomic E-state index is 12.4. The summed E-state index contributed by atoms with van der Waals surface area (Å²) in [7, 11) is 0. The molecule has 0 aliphatic heterocycles. The van der Waals surface area contributed by atoms with Gasteiger partial charge in [0.1, 0.15) is 12.4 Å². The number of benzene rings is 2. The van der Waals surface area contributed by atoms with Gasteiger partial charge in [0.2, 0.25) is 0 Å². The van der Waals surface area contributed by atoms with Gasteiger partial charge in [-0.3, -0.25) is 4.79 Å². The Hall–Kier alpha value is -2.29. The molecule has 0 saturated carbocycles. The molecule has 0 aromatic heterocycles. The van der Waals surface area contributed by atoms with Crippen LogP contribution in [0.2, 0.25) is 0 Å². The van der Waals surface area contributed by atoms with E-state index in [1.807, 2.05) is 57.2 Å². The Morgan fingerprint density at radius 2 is 1.70 bits per heavy atom. The highest BCUT2D eigenvalue weighted by molar-refractivity contribution is 5.96. The van der Waals surface area contributed by atoms with E-state index in [0.29, 0.717) is 6.61 Å². The Morgan fingerprint density at radius 3 is 2.39 bits per heavy atom. The minimum Gasteiger partial charge on any atom is -0.491 e. The van der Waals surface area contributed by atoms with Gasteiger partial charge < -0.3 is 10.1 Å². The third-order valence-electron chi connectivity index (χ3n) is 3.99. The maximum Gasteiger partial charge on any atom is 0.251 e. The van der Waals surface area contributed by atoms with Crippen molar-refractivity contribution in [3.8, 4) is 5.75 Å². The second kappa shape index (κ2) is 7.32. The number of hydrogen-bond donors (Lipinski definition) is 1. The van der Waals surface area contributed by atoms with Crippen LogP contribution < -0.4 is 10.1 Å². The summed E-state index contributed by atoms with van der Waals surface area (Å²) in [5, 5.41) is 3.00. The Morgan fingerprint density at radius 1 is 1.00 bits per heavy atom. The van der Waals surface area contributed by atoms with Crippen molar-refractivity contribution in [2.75, 3.05) is 6.61 Å². The number of rotatable bonds is 5. The predicted octanol–water partition coefficient (Wildman–Crippen LogP) is 4.12. The van der Waals surface area contributed by atoms with Crippen LogP contribution in [0, 0.1) is 27.7 Å². The Labute approximate surface area is 138 Å². The topological polar surface area (TPSA) is 38.3 Å². The maximum absolute atomic E-state index is 12.4. The number of carbonyl (C=O) groups excluding carboxylic acids is 1. The molecule has 2 rings (SSSR count). The number of ether oxygens (including phenoxy) is 1. The first-order valence-electron chi connectivity index (χ1n) is 7.95. The molecule has 0 aliphatic rings. The van der Waals surface area contributed by atoms with E-state index in [4.69, 9.17) is 4.74 Å². The van der Waals surface area contributed by atoms with Crippen molar-refractivity contribution in [3.63, 3.8) is 0 Å². The monoisotopic (exact) mass is 311 g/mol. The highest BCUT2D eigenvalue weighted by atomic mass is 16.5. The van der Waals surface area contributed by atoms with E-state index < -0.39 is 0 Å². The van der Waals surface area contributed by atoms with E-state index in [1.54, 1.807) is 0 Å². The van der Waals surface area contributed by atoms with Crippen LogP contribution >= 0.6 is 0 Å². The second-order valence-electron chi connectivity index (χ2n) is 6.25. The molecular formula is C20H25NO2. The van der Waals surface area contributed by atoms with E-state index in [0.717, 1.165) is 22.4 Å². The Bertz CT molecular complexity index is 707. The fourth-order valence-electron chi connectivity index (χ4n) is 2.35. The average Bonchev–Trinajstić information content (AvgIpc) is 2.50. The van der Waals surface area contributed by atoms with Crippen molar-refractivity contribution in [1.29, 1.82) is 0 Å². The molecule has 0 aliphatic carbocycles. The first-order valence-corrected chi connectivity index (χ1v) is 7.95. The molecule has 0 saturated heterocycles. The number of hydrogen-bond acceptors (Lipinski definition) is 2. The van der Waals surface area contributed by atoms with Gasteiger partial charge in [0.25, 0.3) is 5.91 Å². The fraction of sp³-hybridized carbons (Fsp3) is 0.350. The summed E-state index contributed by atoms with van der Waals surface area (Å²) in [5.74, 6) is 0.781. The molecule has 1 amide bonds. The van der Waals surface area contributed by atoms with E-state index in [9.17, 15) is 4.79 Å². The lowest BCUT2D eigenvalue weighted by molar-refractivity contribution is 0.0926. The summed E-state index contributed by atoms with van der Waals surface area (Å²) < 4.78 is 5.78. The SMILES string of the molecule is Cc1ccc(C)c(C(=O)N[C@@H](C)COc2ccc(C)c(C)c2)c1. The van der Waals surface area contributed by atoms with Crippen molar-refractivity contribution >= 4 is 5.91 Å². The van der Waals surface area contributed by atoms with Crippen molar-refractivity contribution in [2.24, 2.45) is 0 Å². The predicted molar refractivity (Wildman–Crippen MR) is 94.3 cm³/mol. The lowest BCUT2D eigenvalue weighted by Gasteiger charge is -2.16. The molecule has 1 N–H and O–H groups in total. The normalized spacial score (nSPS) is 11.9. The summed E-state index contributed by atoms with van der Waals surface area (Å²) in [5.41, 5.74) is 5.24. The van der Waals surface area contributed by atoms with E-state index in [1.165, 1.54) is 11.1 Å². The van der Waals surface area contributed by atoms with Crippen LogP contribution in [0.3, 0.4) is 0 Å². The van der Waals surface area contributed by atoms with E-state index >= 15 is 0 Å². The molecule has 0 fully saturated rings. The molecular weight excluding hydrogens is 286 g/mol. The molecule has 122 valence electrons. The quantitative estimate of drug-likeness (QED) is 0.902. The van der Waals surface area contributed by atoms with Crippen LogP contribution in [0.4, 0.5) is 0 Å². The Balaban J connectivity index is 1.93. The molecule has 0 heterocycles. The molecule has 2 aromatic carbocycles. The van der Waals surface area contributed by atoms with Gasteiger partial charge in [0.05, 0.1) is 6.04 Å². The number of carbonyl (C=O) groups is 1. The van der Waals surface area contributed by atoms with Gasteiger partial charge >= 0.3 is 0 Å². The highest BCUT2D eigenvalue weighted by Gasteiger charge is 2.13. The highest BCUT2D eigenvalue weighted by Crippen LogP contribution is 2.16. The molecule has 3 nitrogen and oxygen atoms in total. The van der Waals surface area contributed by atoms with Gasteiger partial charge in [0, 0.05) is 5.56 Å². The molecule has 3 heteroatoms. The van der Waals surface area contributed by atoms with Gasteiger partial charge in [-0.2, -0.15) is 0 Å². The summed E-state index contributed by atoms with van der Waals surface area (Å²) in [6, 6.07) is 11.9. The van der Waals surface area contributed by atoms with Gasteiger partial charge in [0.15, 0.2) is 0 Å². The van der Waals surface area contributed by atoms with Gasteiger partial charge in [-0.25, -0.2) is 0 Å². The lowest BCUT2D eigenvalue weighted by atomic mass is 10.0. The zero-order valence-electron chi connectivity index (χ0n) is 14.6. The van der Waals surface area contributed by atoms with Crippen molar-refractivity contribution < 1.29 is 9.53 Å². The van der Waals surface area contributed by atoms with Gasteiger partial charge in [-0.15, -0.1) is 0 Å². The van der Waals surface area contributed by atoms with Crippen LogP contribution in [0.1, 0.15) is 39.5 Å². The van der Waals surface area contributed by atoms with Crippen molar-refractivity contribution in [2.45, 2.75) is 40.7 Å². The summed E-state index contributed by atoms with van der Waals surface area (Å²) in [6.07, 6.45) is 0. The zero-order chi connectivity index (χ0) is 17.0. The van der Waals surface area contributed by atoms with Crippen LogP contribution in [0.15, 0.2) is 36.4 Å². The summed E-state index contributed by atoms with van der Waals surface area (Å²) >= 11 is 0. The molecule has 0 bridgehead atoms. The molecule has 1 atom stereocenters. The van der Waals surface area contributed by atoms with Crippen molar-refractivity contribution in [1.82, 2.24) is 5.32 Å². The van der Waals surface area contributed by atoms with Crippen LogP contribution in [-0.2, 0) is 0 Å². The Kier molecular flexibility index (Phi) is 5.43. The molecule has 0 spiro atoms. The third-order valence-corrected chi connectivity index (χ3v) is 3.99. The largest absolute Gasteiger partial charge is 0.491 e. The first kappa shape index (κ1) is 17.1. The average molecular weight is 311 g/mol. The lowest BCUT2D eigenvalue weighted by Crippen LogP contribution is -2.37. The minimum atomic E-state index is -0.0657. The van der Waals surface area contributed by atoms with Gasteiger partial charge in [-0.05, 0) is 69.5 Å². The van der Waals surface area contributed by atoms with Crippen LogP contribution in [0.5, 0.6) is 5.75 Å². The number of amides is 1. The smallest absolute Gasteiger partial charge is 0.251 e. The number of nitrogens with one attached hydrogen (secondary N) is 1. The molecule has 0 unspecified atom stereocenters. The third kappa shape index (κ3) is 4.59. The number of aryl methyl sites for hydroxylation is 4. The standard InChI is InChI=1S/C20H25NO2/c1-13-6-7-15(3)19(10-13)20(22)21-17(5)12-23-18-9-8-14(2)16(4)11-18/h6-11,17H,12H2,1-5H3,(H,21,22)/t17-/m0/s1. The molecule has 23 heavy (non-hydrogen) atoms. The van der Waals surface area contributed by atoms with Crippen molar-refractivity contribution in [3.05, 3.63) is 64.2 Å². The molecule has 0 radical (unpaired) electrons. The minimum absolute atomic E-state index is 0.0533. The second-order valence-corrected chi connectivity index (χ2v) is 6.25. The van der Waals surface area contributed by atoms with Gasteiger partial charge in [-0.1, -0.05) is 23.8 Å². The van der Waals surface area contributed by atoms with Crippen LogP contribution in [0.25, 0.3) is 0 Å².